The average Bonchev–Trinajstić information content (AvgIpc) is 1.98. The number of aliphatic hydroxyl groups excluding tert-OH is 1. The van der Waals surface area contributed by atoms with Crippen LogP contribution in [0.5, 0.6) is 0 Å². The molecule has 0 unspecified atom stereocenters. The van der Waals surface area contributed by atoms with E-state index in [-0.39, 0.29) is 25.2 Å². The highest BCUT2D eigenvalue weighted by Gasteiger charge is 2.10. The third-order valence-corrected chi connectivity index (χ3v) is 1.00. The van der Waals surface area contributed by atoms with Gasteiger partial charge in [-0.05, 0) is 0 Å². The van der Waals surface area contributed by atoms with Gasteiger partial charge in [-0.3, -0.25) is 4.79 Å². The molecule has 1 amide bonds. The quantitative estimate of drug-likeness (QED) is 0.410. The van der Waals surface area contributed by atoms with Gasteiger partial charge in [-0.25, -0.2) is 4.79 Å². The van der Waals surface area contributed by atoms with Crippen LogP contribution in [0.1, 0.15) is 6.42 Å². The van der Waals surface area contributed by atoms with Crippen molar-refractivity contribution >= 4 is 11.9 Å². The molecule has 5 heteroatoms. The second-order valence-corrected chi connectivity index (χ2v) is 2.11. The zero-order valence-corrected chi connectivity index (χ0v) is 6.58. The molecule has 68 valence electrons. The van der Waals surface area contributed by atoms with Crippen LogP contribution in [0.15, 0.2) is 12.2 Å². The van der Waals surface area contributed by atoms with Gasteiger partial charge in [0.25, 0.3) is 0 Å². The van der Waals surface area contributed by atoms with Crippen molar-refractivity contribution in [2.75, 3.05) is 13.2 Å². The number of nitrogens with two attached hydrogens (primary N) is 1. The number of aliphatic hydroxyl groups is 1. The molecule has 3 N–H and O–H groups in total. The predicted molar refractivity (Wildman–Crippen MR) is 41.0 cm³/mol. The molecular weight excluding hydrogens is 162 g/mol. The summed E-state index contributed by atoms with van der Waals surface area (Å²) in [4.78, 5) is 21.1. The van der Waals surface area contributed by atoms with Gasteiger partial charge in [0.1, 0.15) is 6.61 Å². The highest BCUT2D eigenvalue weighted by molar-refractivity contribution is 5.94. The molecule has 0 radical (unpaired) electrons. The summed E-state index contributed by atoms with van der Waals surface area (Å²) in [6.45, 7) is 2.94. The van der Waals surface area contributed by atoms with Gasteiger partial charge >= 0.3 is 5.97 Å². The second-order valence-electron chi connectivity index (χ2n) is 2.11. The van der Waals surface area contributed by atoms with Gasteiger partial charge in [-0.15, -0.1) is 0 Å². The normalized spacial score (nSPS) is 9.08. The smallest absolute Gasteiger partial charge is 0.334 e. The van der Waals surface area contributed by atoms with Crippen molar-refractivity contribution in [2.45, 2.75) is 6.42 Å². The van der Waals surface area contributed by atoms with Gasteiger partial charge in [0.05, 0.1) is 13.0 Å². The number of carbonyl (C=O) groups is 2. The molecule has 5 nitrogen and oxygen atoms in total. The molecule has 0 rings (SSSR count). The van der Waals surface area contributed by atoms with Crippen molar-refractivity contribution in [1.29, 1.82) is 0 Å². The minimum atomic E-state index is -0.706. The second kappa shape index (κ2) is 5.31. The zero-order valence-electron chi connectivity index (χ0n) is 6.58. The molecule has 0 aromatic heterocycles. The molecule has 0 aliphatic carbocycles. The monoisotopic (exact) mass is 173 g/mol. The molecule has 0 saturated heterocycles. The molecule has 0 heterocycles. The molecular formula is C7H11NO4. The van der Waals surface area contributed by atoms with Gasteiger partial charge in [-0.1, -0.05) is 6.58 Å². The van der Waals surface area contributed by atoms with E-state index in [1.807, 2.05) is 0 Å². The number of primary amides is 1. The van der Waals surface area contributed by atoms with E-state index in [1.165, 1.54) is 0 Å². The van der Waals surface area contributed by atoms with Crippen LogP contribution in [0.3, 0.4) is 0 Å². The van der Waals surface area contributed by atoms with E-state index < -0.39 is 11.9 Å². The van der Waals surface area contributed by atoms with Gasteiger partial charge < -0.3 is 15.6 Å². The third-order valence-electron chi connectivity index (χ3n) is 1.00. The van der Waals surface area contributed by atoms with Crippen LogP contribution in [0.2, 0.25) is 0 Å². The standard InChI is InChI=1S/C7H11NO4/c1-5(4-6(8)10)7(11)12-3-2-9/h9H,1-4H2,(H2,8,10). The first-order chi connectivity index (χ1) is 5.57. The Labute approximate surface area is 69.8 Å². The molecule has 12 heavy (non-hydrogen) atoms. The molecule has 0 aromatic carbocycles. The lowest BCUT2D eigenvalue weighted by Crippen LogP contribution is -2.17. The summed E-state index contributed by atoms with van der Waals surface area (Å²) in [6.07, 6.45) is -0.218. The Hall–Kier alpha value is -1.36. The minimum Gasteiger partial charge on any atom is -0.460 e. The lowest BCUT2D eigenvalue weighted by Gasteiger charge is -2.02. The van der Waals surface area contributed by atoms with Gasteiger partial charge in [0, 0.05) is 5.57 Å². The van der Waals surface area contributed by atoms with E-state index in [0.717, 1.165) is 0 Å². The fraction of sp³-hybridized carbons (Fsp3) is 0.429. The van der Waals surface area contributed by atoms with E-state index >= 15 is 0 Å². The molecule has 0 aliphatic heterocycles. The highest BCUT2D eigenvalue weighted by atomic mass is 16.5. The molecule has 0 saturated carbocycles. The number of esters is 1. The van der Waals surface area contributed by atoms with Crippen LogP contribution >= 0.6 is 0 Å². The van der Waals surface area contributed by atoms with Gasteiger partial charge in [0.2, 0.25) is 5.91 Å². The Balaban J connectivity index is 3.77. The summed E-state index contributed by atoms with van der Waals surface area (Å²) in [6, 6.07) is 0. The Bertz CT molecular complexity index is 200. The molecule has 0 aliphatic rings. The van der Waals surface area contributed by atoms with Crippen molar-refractivity contribution in [3.8, 4) is 0 Å². The van der Waals surface area contributed by atoms with E-state index in [0.29, 0.717) is 0 Å². The number of hydrogen-bond acceptors (Lipinski definition) is 4. The number of hydrogen-bond donors (Lipinski definition) is 2. The predicted octanol–water partition coefficient (Wildman–Crippen LogP) is -1.05. The molecule has 0 aromatic rings. The maximum Gasteiger partial charge on any atom is 0.334 e. The minimum absolute atomic E-state index is 0.00375. The number of carbonyl (C=O) groups excluding carboxylic acids is 2. The molecule has 0 fully saturated rings. The Morgan fingerprint density at radius 3 is 2.50 bits per heavy atom. The summed E-state index contributed by atoms with van der Waals surface area (Å²) in [5.41, 5.74) is 4.80. The van der Waals surface area contributed by atoms with Crippen molar-refractivity contribution in [1.82, 2.24) is 0 Å². The SMILES string of the molecule is C=C(CC(N)=O)C(=O)OCCO. The van der Waals surface area contributed by atoms with Crippen molar-refractivity contribution in [2.24, 2.45) is 5.73 Å². The topological polar surface area (TPSA) is 89.6 Å². The number of rotatable bonds is 5. The highest BCUT2D eigenvalue weighted by Crippen LogP contribution is 1.99. The fourth-order valence-electron chi connectivity index (χ4n) is 0.523. The van der Waals surface area contributed by atoms with E-state index in [9.17, 15) is 9.59 Å². The molecule has 0 spiro atoms. The largest absolute Gasteiger partial charge is 0.460 e. The van der Waals surface area contributed by atoms with E-state index in [2.05, 4.69) is 11.3 Å². The van der Waals surface area contributed by atoms with E-state index in [1.54, 1.807) is 0 Å². The maximum atomic E-state index is 10.8. The van der Waals surface area contributed by atoms with Crippen LogP contribution in [-0.2, 0) is 14.3 Å². The van der Waals surface area contributed by atoms with Crippen molar-refractivity contribution < 1.29 is 19.4 Å². The van der Waals surface area contributed by atoms with Crippen molar-refractivity contribution in [3.63, 3.8) is 0 Å². The third kappa shape index (κ3) is 4.45. The summed E-state index contributed by atoms with van der Waals surface area (Å²) in [5, 5.41) is 8.28. The first kappa shape index (κ1) is 10.6. The molecule has 0 bridgehead atoms. The number of ether oxygens (including phenoxy) is 1. The summed E-state index contributed by atoms with van der Waals surface area (Å²) in [5.74, 6) is -1.34. The van der Waals surface area contributed by atoms with Crippen molar-refractivity contribution in [3.05, 3.63) is 12.2 Å². The summed E-state index contributed by atoms with van der Waals surface area (Å²) in [7, 11) is 0. The number of amides is 1. The first-order valence-electron chi connectivity index (χ1n) is 3.32. The average molecular weight is 173 g/mol. The van der Waals surface area contributed by atoms with Crippen LogP contribution in [0.4, 0.5) is 0 Å². The lowest BCUT2D eigenvalue weighted by molar-refractivity contribution is -0.140. The molecule has 0 atom stereocenters. The Morgan fingerprint density at radius 2 is 2.08 bits per heavy atom. The summed E-state index contributed by atoms with van der Waals surface area (Å²) < 4.78 is 4.46. The Morgan fingerprint density at radius 1 is 1.50 bits per heavy atom. The maximum absolute atomic E-state index is 10.8. The van der Waals surface area contributed by atoms with Gasteiger partial charge in [0.15, 0.2) is 0 Å². The Kier molecular flexibility index (Phi) is 4.71. The first-order valence-corrected chi connectivity index (χ1v) is 3.32. The van der Waals surface area contributed by atoms with Crippen LogP contribution < -0.4 is 5.73 Å². The van der Waals surface area contributed by atoms with Crippen LogP contribution in [0.25, 0.3) is 0 Å². The van der Waals surface area contributed by atoms with Crippen LogP contribution in [0, 0.1) is 0 Å². The summed E-state index contributed by atoms with van der Waals surface area (Å²) >= 11 is 0. The lowest BCUT2D eigenvalue weighted by atomic mass is 10.2. The fourth-order valence-corrected chi connectivity index (χ4v) is 0.523. The zero-order chi connectivity index (χ0) is 9.56. The van der Waals surface area contributed by atoms with Gasteiger partial charge in [-0.2, -0.15) is 0 Å². The van der Waals surface area contributed by atoms with Crippen LogP contribution in [-0.4, -0.2) is 30.2 Å². The van der Waals surface area contributed by atoms with E-state index in [4.69, 9.17) is 10.8 Å².